The minimum Gasteiger partial charge on any atom is -0.317 e. The molecule has 2 saturated heterocycles. The second-order valence-corrected chi connectivity index (χ2v) is 6.83. The fourth-order valence-electron chi connectivity index (χ4n) is 4.51. The molecule has 0 aromatic carbocycles. The first-order valence-corrected chi connectivity index (χ1v) is 7.74. The zero-order chi connectivity index (χ0) is 11.7. The molecule has 2 heterocycles. The smallest absolute Gasteiger partial charge is 0.0214 e. The summed E-state index contributed by atoms with van der Waals surface area (Å²) in [5, 5.41) is 3.49. The van der Waals surface area contributed by atoms with Crippen molar-refractivity contribution in [3.05, 3.63) is 0 Å². The summed E-state index contributed by atoms with van der Waals surface area (Å²) in [6, 6.07) is 0. The zero-order valence-corrected chi connectivity index (χ0v) is 11.4. The number of likely N-dealkylation sites (tertiary alicyclic amines) is 1. The molecule has 0 bridgehead atoms. The summed E-state index contributed by atoms with van der Waals surface area (Å²) in [6.07, 6.45) is 10.2. The van der Waals surface area contributed by atoms with Crippen LogP contribution in [-0.4, -0.2) is 36.6 Å². The molecule has 1 aliphatic carbocycles. The maximum Gasteiger partial charge on any atom is 0.0214 e. The Morgan fingerprint density at radius 3 is 2.65 bits per heavy atom. The minimum atomic E-state index is 0.655. The van der Waals surface area contributed by atoms with Gasteiger partial charge in [-0.1, -0.05) is 13.3 Å². The predicted molar refractivity (Wildman–Crippen MR) is 72.1 cm³/mol. The first-order chi connectivity index (χ1) is 8.28. The quantitative estimate of drug-likeness (QED) is 0.793. The second kappa shape index (κ2) is 4.89. The number of rotatable bonds is 2. The molecule has 98 valence electrons. The number of piperidine rings is 2. The highest BCUT2D eigenvalue weighted by Gasteiger charge is 2.47. The molecular weight excluding hydrogens is 208 g/mol. The van der Waals surface area contributed by atoms with E-state index in [1.807, 2.05) is 0 Å². The van der Waals surface area contributed by atoms with Crippen molar-refractivity contribution in [2.24, 2.45) is 11.8 Å². The van der Waals surface area contributed by atoms with Crippen LogP contribution in [0, 0.1) is 11.8 Å². The molecule has 3 rings (SSSR count). The van der Waals surface area contributed by atoms with Crippen LogP contribution in [0.15, 0.2) is 0 Å². The Labute approximate surface area is 106 Å². The Hall–Kier alpha value is -0.0800. The van der Waals surface area contributed by atoms with Gasteiger partial charge >= 0.3 is 0 Å². The normalized spacial score (nSPS) is 40.4. The van der Waals surface area contributed by atoms with Crippen LogP contribution in [0.5, 0.6) is 0 Å². The third kappa shape index (κ3) is 2.39. The van der Waals surface area contributed by atoms with Gasteiger partial charge < -0.3 is 5.32 Å². The molecule has 2 heteroatoms. The maximum atomic E-state index is 3.49. The lowest BCUT2D eigenvalue weighted by Gasteiger charge is -2.57. The van der Waals surface area contributed by atoms with Gasteiger partial charge in [0.15, 0.2) is 0 Å². The second-order valence-electron chi connectivity index (χ2n) is 6.83. The molecule has 0 atom stereocenters. The number of hydrogen-bond donors (Lipinski definition) is 1. The van der Waals surface area contributed by atoms with Crippen molar-refractivity contribution in [1.29, 1.82) is 0 Å². The molecular formula is C15H28N2. The fourth-order valence-corrected chi connectivity index (χ4v) is 4.51. The van der Waals surface area contributed by atoms with Gasteiger partial charge in [-0.3, -0.25) is 4.90 Å². The van der Waals surface area contributed by atoms with Gasteiger partial charge in [-0.05, 0) is 70.0 Å². The SMILES string of the molecule is CC1CC2(CCCCN2CC2CCNCC2)C1. The standard InChI is InChI=1S/C15H28N2/c1-13-10-15(11-13)6-2-3-9-17(15)12-14-4-7-16-8-5-14/h13-14,16H,2-12H2,1H3. The minimum absolute atomic E-state index is 0.655. The maximum absolute atomic E-state index is 3.49. The zero-order valence-electron chi connectivity index (χ0n) is 11.4. The Kier molecular flexibility index (Phi) is 3.45. The van der Waals surface area contributed by atoms with Crippen molar-refractivity contribution >= 4 is 0 Å². The Bertz CT molecular complexity index is 246. The van der Waals surface area contributed by atoms with Crippen molar-refractivity contribution in [3.63, 3.8) is 0 Å². The summed E-state index contributed by atoms with van der Waals surface area (Å²) >= 11 is 0. The van der Waals surface area contributed by atoms with Gasteiger partial charge in [0.25, 0.3) is 0 Å². The molecule has 1 N–H and O–H groups in total. The number of nitrogens with one attached hydrogen (secondary N) is 1. The van der Waals surface area contributed by atoms with E-state index in [0.717, 1.165) is 11.8 Å². The highest BCUT2D eigenvalue weighted by Crippen LogP contribution is 2.48. The van der Waals surface area contributed by atoms with Crippen LogP contribution in [0.4, 0.5) is 0 Å². The molecule has 0 amide bonds. The molecule has 3 aliphatic rings. The van der Waals surface area contributed by atoms with Gasteiger partial charge in [0.2, 0.25) is 0 Å². The molecule has 0 aromatic heterocycles. The molecule has 2 nitrogen and oxygen atoms in total. The van der Waals surface area contributed by atoms with E-state index in [1.165, 1.54) is 71.1 Å². The Balaban J connectivity index is 1.59. The van der Waals surface area contributed by atoms with Crippen LogP contribution in [0.1, 0.15) is 51.9 Å². The average Bonchev–Trinajstić information content (AvgIpc) is 2.31. The summed E-state index contributed by atoms with van der Waals surface area (Å²) in [4.78, 5) is 2.90. The predicted octanol–water partition coefficient (Wildman–Crippen LogP) is 2.64. The lowest BCUT2D eigenvalue weighted by atomic mass is 9.64. The lowest BCUT2D eigenvalue weighted by molar-refractivity contribution is -0.0575. The third-order valence-corrected chi connectivity index (χ3v) is 5.39. The molecule has 2 aliphatic heterocycles. The number of hydrogen-bond acceptors (Lipinski definition) is 2. The Morgan fingerprint density at radius 1 is 1.18 bits per heavy atom. The van der Waals surface area contributed by atoms with Crippen LogP contribution in [0.2, 0.25) is 0 Å². The van der Waals surface area contributed by atoms with Crippen molar-refractivity contribution in [2.75, 3.05) is 26.2 Å². The van der Waals surface area contributed by atoms with Crippen molar-refractivity contribution in [3.8, 4) is 0 Å². The Morgan fingerprint density at radius 2 is 1.94 bits per heavy atom. The number of nitrogens with zero attached hydrogens (tertiary/aromatic N) is 1. The van der Waals surface area contributed by atoms with E-state index in [2.05, 4.69) is 17.1 Å². The van der Waals surface area contributed by atoms with Gasteiger partial charge in [-0.15, -0.1) is 0 Å². The molecule has 0 radical (unpaired) electrons. The summed E-state index contributed by atoms with van der Waals surface area (Å²) in [7, 11) is 0. The summed E-state index contributed by atoms with van der Waals surface area (Å²) in [6.45, 7) is 7.72. The van der Waals surface area contributed by atoms with Crippen LogP contribution in [-0.2, 0) is 0 Å². The monoisotopic (exact) mass is 236 g/mol. The van der Waals surface area contributed by atoms with Crippen molar-refractivity contribution < 1.29 is 0 Å². The first-order valence-electron chi connectivity index (χ1n) is 7.74. The summed E-state index contributed by atoms with van der Waals surface area (Å²) in [5.41, 5.74) is 0.655. The lowest BCUT2D eigenvalue weighted by Crippen LogP contribution is -2.60. The molecule has 1 saturated carbocycles. The largest absolute Gasteiger partial charge is 0.317 e. The van der Waals surface area contributed by atoms with E-state index in [1.54, 1.807) is 0 Å². The van der Waals surface area contributed by atoms with E-state index in [9.17, 15) is 0 Å². The van der Waals surface area contributed by atoms with Crippen LogP contribution >= 0.6 is 0 Å². The molecule has 3 fully saturated rings. The van der Waals surface area contributed by atoms with Gasteiger partial charge in [-0.2, -0.15) is 0 Å². The molecule has 0 aromatic rings. The third-order valence-electron chi connectivity index (χ3n) is 5.39. The van der Waals surface area contributed by atoms with Crippen LogP contribution in [0.3, 0.4) is 0 Å². The molecule has 0 unspecified atom stereocenters. The summed E-state index contributed by atoms with van der Waals surface area (Å²) < 4.78 is 0. The van der Waals surface area contributed by atoms with E-state index >= 15 is 0 Å². The summed E-state index contributed by atoms with van der Waals surface area (Å²) in [5.74, 6) is 1.96. The van der Waals surface area contributed by atoms with Crippen LogP contribution in [0.25, 0.3) is 0 Å². The van der Waals surface area contributed by atoms with Gasteiger partial charge in [-0.25, -0.2) is 0 Å². The first kappa shape index (κ1) is 12.0. The highest BCUT2D eigenvalue weighted by atomic mass is 15.2. The van der Waals surface area contributed by atoms with Crippen molar-refractivity contribution in [2.45, 2.75) is 57.4 Å². The van der Waals surface area contributed by atoms with Gasteiger partial charge in [0.1, 0.15) is 0 Å². The highest BCUT2D eigenvalue weighted by molar-refractivity contribution is 5.03. The van der Waals surface area contributed by atoms with E-state index in [0.29, 0.717) is 5.54 Å². The molecule has 17 heavy (non-hydrogen) atoms. The molecule has 1 spiro atoms. The van der Waals surface area contributed by atoms with Crippen molar-refractivity contribution in [1.82, 2.24) is 10.2 Å². The van der Waals surface area contributed by atoms with Gasteiger partial charge in [0.05, 0.1) is 0 Å². The average molecular weight is 236 g/mol. The van der Waals surface area contributed by atoms with Crippen LogP contribution < -0.4 is 5.32 Å². The fraction of sp³-hybridized carbons (Fsp3) is 1.00. The van der Waals surface area contributed by atoms with E-state index in [-0.39, 0.29) is 0 Å². The topological polar surface area (TPSA) is 15.3 Å². The van der Waals surface area contributed by atoms with Gasteiger partial charge in [0, 0.05) is 12.1 Å². The van der Waals surface area contributed by atoms with E-state index in [4.69, 9.17) is 0 Å². The van der Waals surface area contributed by atoms with E-state index < -0.39 is 0 Å².